The summed E-state index contributed by atoms with van der Waals surface area (Å²) in [6.45, 7) is 1.91. The Morgan fingerprint density at radius 3 is 2.56 bits per heavy atom. The van der Waals surface area contributed by atoms with Gasteiger partial charge in [-0.05, 0) is 18.6 Å². The van der Waals surface area contributed by atoms with Gasteiger partial charge in [-0.2, -0.15) is 0 Å². The number of benzene rings is 1. The van der Waals surface area contributed by atoms with Gasteiger partial charge in [0.1, 0.15) is 5.75 Å². The van der Waals surface area contributed by atoms with Gasteiger partial charge >= 0.3 is 0 Å². The van der Waals surface area contributed by atoms with Crippen LogP contribution in [0, 0.1) is 0 Å². The van der Waals surface area contributed by atoms with Crippen LogP contribution in [0.3, 0.4) is 0 Å². The van der Waals surface area contributed by atoms with Crippen molar-refractivity contribution in [2.45, 2.75) is 19.4 Å². The van der Waals surface area contributed by atoms with Crippen molar-refractivity contribution in [2.75, 3.05) is 14.1 Å². The molecule has 1 atom stereocenters. The molecule has 0 aliphatic carbocycles. The van der Waals surface area contributed by atoms with Crippen LogP contribution < -0.4 is 4.74 Å². The van der Waals surface area contributed by atoms with Gasteiger partial charge in [0.2, 0.25) is 0 Å². The van der Waals surface area contributed by atoms with Gasteiger partial charge in [-0.1, -0.05) is 30.7 Å². The van der Waals surface area contributed by atoms with E-state index >= 15 is 0 Å². The predicted octanol–water partition coefficient (Wildman–Crippen LogP) is 2.59. The first-order valence-electron chi connectivity index (χ1n) is 5.18. The molecule has 88 valence electrons. The second-order valence-electron chi connectivity index (χ2n) is 3.68. The third kappa shape index (κ3) is 3.14. The summed E-state index contributed by atoms with van der Waals surface area (Å²) in [5.41, 5.74) is 0. The Kier molecular flexibility index (Phi) is 4.62. The van der Waals surface area contributed by atoms with Gasteiger partial charge in [0.05, 0.1) is 5.02 Å². The fourth-order valence-corrected chi connectivity index (χ4v) is 1.47. The summed E-state index contributed by atoms with van der Waals surface area (Å²) < 4.78 is 5.59. The van der Waals surface area contributed by atoms with Crippen LogP contribution in [0.25, 0.3) is 0 Å². The van der Waals surface area contributed by atoms with Gasteiger partial charge < -0.3 is 9.64 Å². The standard InChI is InChI=1S/C12H16ClNO2/c1-4-10(12(15)14(2)3)16-11-8-6-5-7-9(11)13/h5-8,10H,4H2,1-3H3. The Labute approximate surface area is 101 Å². The van der Waals surface area contributed by atoms with Crippen LogP contribution in [0.2, 0.25) is 5.02 Å². The lowest BCUT2D eigenvalue weighted by Crippen LogP contribution is -2.37. The Morgan fingerprint density at radius 2 is 2.06 bits per heavy atom. The summed E-state index contributed by atoms with van der Waals surface area (Å²) in [5, 5.41) is 0.521. The fourth-order valence-electron chi connectivity index (χ4n) is 1.29. The first kappa shape index (κ1) is 12.8. The summed E-state index contributed by atoms with van der Waals surface area (Å²) in [6.07, 6.45) is 0.136. The summed E-state index contributed by atoms with van der Waals surface area (Å²) in [5.74, 6) is 0.494. The topological polar surface area (TPSA) is 29.5 Å². The number of rotatable bonds is 4. The lowest BCUT2D eigenvalue weighted by Gasteiger charge is -2.21. The summed E-state index contributed by atoms with van der Waals surface area (Å²) in [7, 11) is 3.42. The van der Waals surface area contributed by atoms with Gasteiger partial charge in [-0.3, -0.25) is 4.79 Å². The van der Waals surface area contributed by atoms with E-state index < -0.39 is 6.10 Å². The molecule has 1 amide bonds. The maximum Gasteiger partial charge on any atom is 0.263 e. The highest BCUT2D eigenvalue weighted by Crippen LogP contribution is 2.25. The Hall–Kier alpha value is -1.22. The molecular formula is C12H16ClNO2. The van der Waals surface area contributed by atoms with Crippen LogP contribution in [-0.2, 0) is 4.79 Å². The Bertz CT molecular complexity index is 366. The molecule has 1 aromatic carbocycles. The van der Waals surface area contributed by atoms with E-state index in [0.717, 1.165) is 0 Å². The molecule has 1 aromatic rings. The third-order valence-corrected chi connectivity index (χ3v) is 2.51. The summed E-state index contributed by atoms with van der Waals surface area (Å²) in [4.78, 5) is 13.3. The van der Waals surface area contributed by atoms with Crippen LogP contribution in [0.15, 0.2) is 24.3 Å². The number of hydrogen-bond donors (Lipinski definition) is 0. The number of carbonyl (C=O) groups excluding carboxylic acids is 1. The number of ether oxygens (including phenoxy) is 1. The molecule has 4 heteroatoms. The number of carbonyl (C=O) groups is 1. The molecule has 0 spiro atoms. The second kappa shape index (κ2) is 5.75. The molecule has 0 fully saturated rings. The fraction of sp³-hybridized carbons (Fsp3) is 0.417. The molecule has 1 rings (SSSR count). The third-order valence-electron chi connectivity index (χ3n) is 2.19. The van der Waals surface area contributed by atoms with Crippen molar-refractivity contribution in [3.8, 4) is 5.75 Å². The molecule has 0 heterocycles. The average Bonchev–Trinajstić information content (AvgIpc) is 2.27. The molecule has 3 nitrogen and oxygen atoms in total. The minimum atomic E-state index is -0.477. The molecular weight excluding hydrogens is 226 g/mol. The van der Waals surface area contributed by atoms with Crippen molar-refractivity contribution in [3.63, 3.8) is 0 Å². The van der Waals surface area contributed by atoms with Gasteiger partial charge in [-0.15, -0.1) is 0 Å². The minimum Gasteiger partial charge on any atom is -0.479 e. The first-order valence-corrected chi connectivity index (χ1v) is 5.56. The lowest BCUT2D eigenvalue weighted by molar-refractivity contribution is -0.136. The number of para-hydroxylation sites is 1. The molecule has 0 aliphatic rings. The highest BCUT2D eigenvalue weighted by Gasteiger charge is 2.20. The highest BCUT2D eigenvalue weighted by molar-refractivity contribution is 6.32. The van der Waals surface area contributed by atoms with E-state index in [1.54, 1.807) is 26.2 Å². The monoisotopic (exact) mass is 241 g/mol. The largest absolute Gasteiger partial charge is 0.479 e. The Morgan fingerprint density at radius 1 is 1.44 bits per heavy atom. The van der Waals surface area contributed by atoms with E-state index in [4.69, 9.17) is 16.3 Å². The van der Waals surface area contributed by atoms with E-state index in [9.17, 15) is 4.79 Å². The first-order chi connectivity index (χ1) is 7.56. The molecule has 0 aromatic heterocycles. The molecule has 0 saturated carbocycles. The number of likely N-dealkylation sites (N-methyl/N-ethyl adjacent to an activating group) is 1. The van der Waals surface area contributed by atoms with Crippen molar-refractivity contribution in [3.05, 3.63) is 29.3 Å². The summed E-state index contributed by atoms with van der Waals surface area (Å²) in [6, 6.07) is 7.15. The quantitative estimate of drug-likeness (QED) is 0.811. The normalized spacial score (nSPS) is 12.0. The zero-order valence-corrected chi connectivity index (χ0v) is 10.5. The number of nitrogens with zero attached hydrogens (tertiary/aromatic N) is 1. The zero-order chi connectivity index (χ0) is 12.1. The predicted molar refractivity (Wildman–Crippen MR) is 64.9 cm³/mol. The van der Waals surface area contributed by atoms with Crippen LogP contribution >= 0.6 is 11.6 Å². The van der Waals surface area contributed by atoms with Gasteiger partial charge in [-0.25, -0.2) is 0 Å². The van der Waals surface area contributed by atoms with Crippen molar-refractivity contribution in [1.82, 2.24) is 4.90 Å². The van der Waals surface area contributed by atoms with Gasteiger partial charge in [0.15, 0.2) is 6.10 Å². The maximum absolute atomic E-state index is 11.7. The van der Waals surface area contributed by atoms with E-state index in [-0.39, 0.29) is 5.91 Å². The number of hydrogen-bond acceptors (Lipinski definition) is 2. The SMILES string of the molecule is CCC(Oc1ccccc1Cl)C(=O)N(C)C. The van der Waals surface area contributed by atoms with Crippen molar-refractivity contribution < 1.29 is 9.53 Å². The summed E-state index contributed by atoms with van der Waals surface area (Å²) >= 11 is 5.96. The highest BCUT2D eigenvalue weighted by atomic mass is 35.5. The van der Waals surface area contributed by atoms with Crippen LogP contribution in [-0.4, -0.2) is 31.0 Å². The average molecular weight is 242 g/mol. The van der Waals surface area contributed by atoms with Crippen LogP contribution in [0.4, 0.5) is 0 Å². The van der Waals surface area contributed by atoms with Crippen molar-refractivity contribution in [2.24, 2.45) is 0 Å². The smallest absolute Gasteiger partial charge is 0.263 e. The molecule has 0 N–H and O–H groups in total. The molecule has 0 aliphatic heterocycles. The van der Waals surface area contributed by atoms with Gasteiger partial charge in [0, 0.05) is 14.1 Å². The van der Waals surface area contributed by atoms with E-state index in [2.05, 4.69) is 0 Å². The van der Waals surface area contributed by atoms with Crippen LogP contribution in [0.5, 0.6) is 5.75 Å². The molecule has 0 saturated heterocycles. The number of amides is 1. The van der Waals surface area contributed by atoms with E-state index in [0.29, 0.717) is 17.2 Å². The zero-order valence-electron chi connectivity index (χ0n) is 9.74. The maximum atomic E-state index is 11.7. The van der Waals surface area contributed by atoms with E-state index in [1.807, 2.05) is 19.1 Å². The molecule has 1 unspecified atom stereocenters. The number of halogens is 1. The van der Waals surface area contributed by atoms with Crippen LogP contribution in [0.1, 0.15) is 13.3 Å². The van der Waals surface area contributed by atoms with E-state index in [1.165, 1.54) is 4.90 Å². The van der Waals surface area contributed by atoms with Crippen molar-refractivity contribution in [1.29, 1.82) is 0 Å². The lowest BCUT2D eigenvalue weighted by atomic mass is 10.2. The molecule has 0 radical (unpaired) electrons. The van der Waals surface area contributed by atoms with Crippen molar-refractivity contribution >= 4 is 17.5 Å². The van der Waals surface area contributed by atoms with Gasteiger partial charge in [0.25, 0.3) is 5.91 Å². The molecule has 16 heavy (non-hydrogen) atoms. The minimum absolute atomic E-state index is 0.0533. The molecule has 0 bridgehead atoms. The Balaban J connectivity index is 2.78. The second-order valence-corrected chi connectivity index (χ2v) is 4.09.